The predicted molar refractivity (Wildman–Crippen MR) is 101 cm³/mol. The molecule has 28 heavy (non-hydrogen) atoms. The van der Waals surface area contributed by atoms with Crippen LogP contribution in [0.1, 0.15) is 41.0 Å². The Hall–Kier alpha value is -1.74. The average molecular weight is 397 g/mol. The number of rotatable bonds is 7. The first-order valence-corrected chi connectivity index (χ1v) is 9.50. The van der Waals surface area contributed by atoms with Crippen molar-refractivity contribution in [2.24, 2.45) is 0 Å². The van der Waals surface area contributed by atoms with Gasteiger partial charge in [-0.1, -0.05) is 12.2 Å². The fourth-order valence-corrected chi connectivity index (χ4v) is 3.66. The maximum atomic E-state index is 12.5. The molecule has 2 rings (SSSR count). The molecule has 0 aromatic rings. The van der Waals surface area contributed by atoms with E-state index in [-0.39, 0.29) is 24.7 Å². The topological polar surface area (TPSA) is 117 Å². The third-order valence-electron chi connectivity index (χ3n) is 5.65. The van der Waals surface area contributed by atoms with E-state index in [1.54, 1.807) is 19.9 Å². The zero-order valence-electron chi connectivity index (χ0n) is 17.1. The average Bonchev–Trinajstić information content (AvgIpc) is 3.20. The van der Waals surface area contributed by atoms with Crippen LogP contribution in [0.15, 0.2) is 23.3 Å². The summed E-state index contributed by atoms with van der Waals surface area (Å²) in [6.07, 6.45) is 2.40. The van der Waals surface area contributed by atoms with E-state index < -0.39 is 23.3 Å². The van der Waals surface area contributed by atoms with Gasteiger partial charge in [-0.25, -0.2) is 9.59 Å². The molecule has 8 nitrogen and oxygen atoms in total. The van der Waals surface area contributed by atoms with E-state index in [1.807, 2.05) is 6.08 Å². The van der Waals surface area contributed by atoms with Crippen molar-refractivity contribution in [2.75, 3.05) is 19.7 Å². The van der Waals surface area contributed by atoms with Gasteiger partial charge in [0.05, 0.1) is 12.1 Å². The van der Waals surface area contributed by atoms with Crippen LogP contribution in [0.4, 0.5) is 0 Å². The highest BCUT2D eigenvalue weighted by Crippen LogP contribution is 2.33. The van der Waals surface area contributed by atoms with E-state index >= 15 is 0 Å². The Labute approximate surface area is 165 Å². The summed E-state index contributed by atoms with van der Waals surface area (Å²) in [6, 6.07) is -0.191. The lowest BCUT2D eigenvalue weighted by Gasteiger charge is -2.38. The van der Waals surface area contributed by atoms with Crippen LogP contribution in [0, 0.1) is 0 Å². The Morgan fingerprint density at radius 3 is 2.57 bits per heavy atom. The van der Waals surface area contributed by atoms with Crippen LogP contribution in [-0.4, -0.2) is 81.3 Å². The lowest BCUT2D eigenvalue weighted by atomic mass is 9.81. The number of carbonyl (C=O) groups excluding carboxylic acids is 2. The van der Waals surface area contributed by atoms with Crippen LogP contribution in [0.3, 0.4) is 0 Å². The van der Waals surface area contributed by atoms with Gasteiger partial charge in [-0.3, -0.25) is 4.90 Å². The first-order chi connectivity index (χ1) is 12.9. The number of nitrogens with zero attached hydrogens (tertiary/aromatic N) is 1. The molecular weight excluding hydrogens is 366 g/mol. The fraction of sp³-hybridized carbons (Fsp3) is 0.700. The summed E-state index contributed by atoms with van der Waals surface area (Å²) in [5.41, 5.74) is -3.06. The first kappa shape index (κ1) is 22.5. The molecule has 1 fully saturated rings. The molecule has 0 saturated carbocycles. The molecule has 2 heterocycles. The van der Waals surface area contributed by atoms with E-state index in [2.05, 4.69) is 4.90 Å². The van der Waals surface area contributed by atoms with Gasteiger partial charge in [-0.15, -0.1) is 0 Å². The van der Waals surface area contributed by atoms with Gasteiger partial charge in [0, 0.05) is 18.7 Å². The number of aliphatic hydroxyl groups is 3. The standard InChI is InChI=1S/C20H31NO7/c1-6-12(2)17(23)28-15-8-10-21-9-7-14(16(15)21)11-27-18(24)20(26,13(3)22)19(4,5)25/h6-7,13,15-16,22,25-26H,8-11H2,1-5H3/b12-6+/t13-,15+,16-,20+/m1/s1. The number of allylic oxidation sites excluding steroid dienone is 1. The SMILES string of the molecule is C/C=C(\C)C(=O)O[C@H]1CCN2CC=C(COC(=O)[C@@](O)([C@@H](C)O)C(C)(C)O)[C@H]12. The maximum Gasteiger partial charge on any atom is 0.344 e. The Bertz CT molecular complexity index is 677. The minimum atomic E-state index is -2.46. The zero-order valence-corrected chi connectivity index (χ0v) is 17.1. The van der Waals surface area contributed by atoms with Gasteiger partial charge in [0.15, 0.2) is 0 Å². The second-order valence-corrected chi connectivity index (χ2v) is 8.00. The van der Waals surface area contributed by atoms with E-state index in [4.69, 9.17) is 9.47 Å². The lowest BCUT2D eigenvalue weighted by molar-refractivity contribution is -0.213. The molecule has 4 atom stereocenters. The van der Waals surface area contributed by atoms with Crippen molar-refractivity contribution < 1.29 is 34.4 Å². The van der Waals surface area contributed by atoms with Crippen molar-refractivity contribution in [2.45, 2.75) is 70.5 Å². The van der Waals surface area contributed by atoms with Gasteiger partial charge in [0.1, 0.15) is 18.3 Å². The molecule has 158 valence electrons. The van der Waals surface area contributed by atoms with Crippen molar-refractivity contribution in [3.63, 3.8) is 0 Å². The molecule has 2 aliphatic rings. The molecule has 0 unspecified atom stereocenters. The summed E-state index contributed by atoms with van der Waals surface area (Å²) in [7, 11) is 0. The zero-order chi connectivity index (χ0) is 21.3. The van der Waals surface area contributed by atoms with Crippen molar-refractivity contribution in [3.05, 3.63) is 23.3 Å². The van der Waals surface area contributed by atoms with Crippen molar-refractivity contribution in [3.8, 4) is 0 Å². The van der Waals surface area contributed by atoms with Crippen LogP contribution in [0.25, 0.3) is 0 Å². The second kappa shape index (κ2) is 8.32. The highest BCUT2D eigenvalue weighted by Gasteiger charge is 2.54. The molecule has 0 amide bonds. The Morgan fingerprint density at radius 1 is 1.39 bits per heavy atom. The normalized spacial score (nSPS) is 26.3. The monoisotopic (exact) mass is 397 g/mol. The van der Waals surface area contributed by atoms with E-state index in [9.17, 15) is 24.9 Å². The maximum absolute atomic E-state index is 12.5. The Balaban J connectivity index is 2.06. The number of ether oxygens (including phenoxy) is 2. The van der Waals surface area contributed by atoms with Crippen molar-refractivity contribution >= 4 is 11.9 Å². The molecule has 0 radical (unpaired) electrons. The molecule has 0 aromatic heterocycles. The molecule has 1 saturated heterocycles. The molecule has 8 heteroatoms. The third-order valence-corrected chi connectivity index (χ3v) is 5.65. The van der Waals surface area contributed by atoms with Crippen LogP contribution >= 0.6 is 0 Å². The molecule has 3 N–H and O–H groups in total. The van der Waals surface area contributed by atoms with Crippen molar-refractivity contribution in [1.82, 2.24) is 4.90 Å². The number of esters is 2. The second-order valence-electron chi connectivity index (χ2n) is 8.00. The quantitative estimate of drug-likeness (QED) is 0.319. The minimum absolute atomic E-state index is 0.123. The van der Waals surface area contributed by atoms with Crippen LogP contribution in [0.5, 0.6) is 0 Å². The highest BCUT2D eigenvalue weighted by molar-refractivity contribution is 5.87. The molecule has 0 bridgehead atoms. The summed E-state index contributed by atoms with van der Waals surface area (Å²) >= 11 is 0. The molecule has 2 aliphatic heterocycles. The molecule has 0 spiro atoms. The lowest BCUT2D eigenvalue weighted by Crippen LogP contribution is -2.63. The van der Waals surface area contributed by atoms with Crippen LogP contribution in [-0.2, 0) is 19.1 Å². The van der Waals surface area contributed by atoms with Gasteiger partial charge < -0.3 is 24.8 Å². The van der Waals surface area contributed by atoms with Crippen LogP contribution in [0.2, 0.25) is 0 Å². The van der Waals surface area contributed by atoms with E-state index in [1.165, 1.54) is 20.8 Å². The number of fused-ring (bicyclic) bond motifs is 1. The number of hydrogen-bond donors (Lipinski definition) is 3. The molecular formula is C20H31NO7. The van der Waals surface area contributed by atoms with Gasteiger partial charge in [0.2, 0.25) is 5.60 Å². The summed E-state index contributed by atoms with van der Waals surface area (Å²) in [5, 5.41) is 30.5. The van der Waals surface area contributed by atoms with Crippen molar-refractivity contribution in [1.29, 1.82) is 0 Å². The summed E-state index contributed by atoms with van der Waals surface area (Å²) in [6.45, 7) is 8.42. The third kappa shape index (κ3) is 4.15. The number of aliphatic hydroxyl groups excluding tert-OH is 1. The van der Waals surface area contributed by atoms with Gasteiger partial charge >= 0.3 is 11.9 Å². The smallest absolute Gasteiger partial charge is 0.344 e. The molecule has 0 aromatic carbocycles. The van der Waals surface area contributed by atoms with Gasteiger partial charge in [-0.2, -0.15) is 0 Å². The Kier molecular flexibility index (Phi) is 6.70. The fourth-order valence-electron chi connectivity index (χ4n) is 3.66. The largest absolute Gasteiger partial charge is 0.459 e. The Morgan fingerprint density at radius 2 is 2.04 bits per heavy atom. The summed E-state index contributed by atoms with van der Waals surface area (Å²) in [4.78, 5) is 26.7. The molecule has 0 aliphatic carbocycles. The number of carbonyl (C=O) groups is 2. The number of hydrogen-bond acceptors (Lipinski definition) is 8. The summed E-state index contributed by atoms with van der Waals surface area (Å²) in [5.74, 6) is -1.48. The van der Waals surface area contributed by atoms with E-state index in [0.717, 1.165) is 12.1 Å². The van der Waals surface area contributed by atoms with Gasteiger partial charge in [0.25, 0.3) is 0 Å². The predicted octanol–water partition coefficient (Wildman–Crippen LogP) is 0.305. The first-order valence-electron chi connectivity index (χ1n) is 9.50. The van der Waals surface area contributed by atoms with Crippen LogP contribution < -0.4 is 0 Å². The minimum Gasteiger partial charge on any atom is -0.459 e. The highest BCUT2D eigenvalue weighted by atomic mass is 16.6. The van der Waals surface area contributed by atoms with E-state index in [0.29, 0.717) is 18.5 Å². The summed E-state index contributed by atoms with van der Waals surface area (Å²) < 4.78 is 10.9. The van der Waals surface area contributed by atoms with Gasteiger partial charge in [-0.05, 0) is 46.6 Å².